The number of allylic oxidation sites excluding steroid dienone is 1. The van der Waals surface area contributed by atoms with E-state index in [1.165, 1.54) is 31.3 Å². The number of sulfonamides is 1. The lowest BCUT2D eigenvalue weighted by molar-refractivity contribution is -0.146. The smallest absolute Gasteiger partial charge is 0.317 e. The fourth-order valence-electron chi connectivity index (χ4n) is 3.30. The van der Waals surface area contributed by atoms with E-state index in [0.29, 0.717) is 5.75 Å². The minimum atomic E-state index is -3.99. The van der Waals surface area contributed by atoms with E-state index in [1.54, 1.807) is 37.4 Å². The largest absolute Gasteiger partial charge is 0.497 e. The zero-order valence-electron chi connectivity index (χ0n) is 17.3. The standard InChI is InChI=1S/C22H26FNO5S/c1-5-14-22(21(25)29-4,19-8-6-7-9-20(19)23)16-30(26,27)24(2)15-17-10-12-18(28-3)13-11-17/h5-13H,1,14-16H2,2-4H3. The Bertz CT molecular complexity index is 991. The molecule has 0 saturated heterocycles. The minimum Gasteiger partial charge on any atom is -0.497 e. The van der Waals surface area contributed by atoms with Crippen molar-refractivity contribution in [2.45, 2.75) is 18.4 Å². The lowest BCUT2D eigenvalue weighted by atomic mass is 9.79. The van der Waals surface area contributed by atoms with Crippen molar-refractivity contribution in [1.82, 2.24) is 4.31 Å². The molecule has 1 unspecified atom stereocenters. The number of hydrogen-bond donors (Lipinski definition) is 0. The van der Waals surface area contributed by atoms with E-state index >= 15 is 0 Å². The van der Waals surface area contributed by atoms with Gasteiger partial charge in [-0.15, -0.1) is 6.58 Å². The van der Waals surface area contributed by atoms with E-state index in [9.17, 15) is 17.6 Å². The predicted octanol–water partition coefficient (Wildman–Crippen LogP) is 3.28. The topological polar surface area (TPSA) is 72.9 Å². The highest BCUT2D eigenvalue weighted by atomic mass is 32.2. The van der Waals surface area contributed by atoms with E-state index in [2.05, 4.69) is 6.58 Å². The van der Waals surface area contributed by atoms with Crippen LogP contribution in [0.2, 0.25) is 0 Å². The highest BCUT2D eigenvalue weighted by Gasteiger charge is 2.47. The summed E-state index contributed by atoms with van der Waals surface area (Å²) in [7, 11) is 0.116. The van der Waals surface area contributed by atoms with Gasteiger partial charge >= 0.3 is 5.97 Å². The minimum absolute atomic E-state index is 0.0434. The molecule has 0 heterocycles. The Balaban J connectivity index is 2.42. The SMILES string of the molecule is C=CCC(CS(=O)(=O)N(C)Cc1ccc(OC)cc1)(C(=O)OC)c1ccccc1F. The van der Waals surface area contributed by atoms with Gasteiger partial charge in [-0.1, -0.05) is 36.4 Å². The molecule has 0 amide bonds. The summed E-state index contributed by atoms with van der Waals surface area (Å²) in [6.07, 6.45) is 1.29. The van der Waals surface area contributed by atoms with Crippen LogP contribution in [0.15, 0.2) is 61.2 Å². The number of benzene rings is 2. The van der Waals surface area contributed by atoms with Crippen molar-refractivity contribution in [2.24, 2.45) is 0 Å². The molecule has 2 aromatic carbocycles. The van der Waals surface area contributed by atoms with Gasteiger partial charge in [0, 0.05) is 19.2 Å². The maximum atomic E-state index is 14.6. The average Bonchev–Trinajstić information content (AvgIpc) is 2.73. The van der Waals surface area contributed by atoms with Crippen LogP contribution in [0.5, 0.6) is 5.75 Å². The van der Waals surface area contributed by atoms with Crippen LogP contribution in [0.4, 0.5) is 4.39 Å². The normalized spacial score (nSPS) is 13.5. The molecule has 8 heteroatoms. The van der Waals surface area contributed by atoms with Crippen LogP contribution in [-0.4, -0.2) is 45.7 Å². The van der Waals surface area contributed by atoms with Crippen molar-refractivity contribution in [3.05, 3.63) is 78.1 Å². The first-order valence-electron chi connectivity index (χ1n) is 9.21. The van der Waals surface area contributed by atoms with E-state index in [1.807, 2.05) is 0 Å². The lowest BCUT2D eigenvalue weighted by Crippen LogP contribution is -2.47. The molecule has 0 fully saturated rings. The molecule has 0 N–H and O–H groups in total. The second-order valence-corrected chi connectivity index (χ2v) is 8.98. The molecule has 0 aliphatic carbocycles. The van der Waals surface area contributed by atoms with Gasteiger partial charge in [0.05, 0.1) is 20.0 Å². The molecule has 0 spiro atoms. The number of halogens is 1. The molecule has 30 heavy (non-hydrogen) atoms. The molecule has 0 aliphatic heterocycles. The van der Waals surface area contributed by atoms with Crippen molar-refractivity contribution in [3.63, 3.8) is 0 Å². The van der Waals surface area contributed by atoms with Crippen LogP contribution in [0, 0.1) is 5.82 Å². The summed E-state index contributed by atoms with van der Waals surface area (Å²) in [5.74, 6) is -1.53. The fraction of sp³-hybridized carbons (Fsp3) is 0.318. The zero-order chi connectivity index (χ0) is 22.4. The monoisotopic (exact) mass is 435 g/mol. The Hall–Kier alpha value is -2.71. The van der Waals surface area contributed by atoms with Crippen LogP contribution < -0.4 is 4.74 Å². The highest BCUT2D eigenvalue weighted by molar-refractivity contribution is 7.89. The summed E-state index contributed by atoms with van der Waals surface area (Å²) < 4.78 is 52.2. The number of esters is 1. The molecule has 2 rings (SSSR count). The third-order valence-corrected chi connectivity index (χ3v) is 6.86. The second kappa shape index (κ2) is 9.86. The van der Waals surface area contributed by atoms with Gasteiger partial charge in [0.25, 0.3) is 0 Å². The van der Waals surface area contributed by atoms with Gasteiger partial charge in [0.1, 0.15) is 17.0 Å². The van der Waals surface area contributed by atoms with Crippen molar-refractivity contribution < 1.29 is 27.1 Å². The molecule has 0 saturated carbocycles. The molecule has 6 nitrogen and oxygen atoms in total. The number of methoxy groups -OCH3 is 2. The molecular formula is C22H26FNO5S. The number of nitrogens with zero attached hydrogens (tertiary/aromatic N) is 1. The van der Waals surface area contributed by atoms with E-state index in [0.717, 1.165) is 17.0 Å². The Kier molecular flexibility index (Phi) is 7.75. The van der Waals surface area contributed by atoms with Crippen LogP contribution in [-0.2, 0) is 31.5 Å². The van der Waals surface area contributed by atoms with E-state index < -0.39 is 33.0 Å². The maximum Gasteiger partial charge on any atom is 0.317 e. The number of hydrogen-bond acceptors (Lipinski definition) is 5. The Labute approximate surface area is 177 Å². The summed E-state index contributed by atoms with van der Waals surface area (Å²) in [4.78, 5) is 12.8. The summed E-state index contributed by atoms with van der Waals surface area (Å²) in [5, 5.41) is 0. The number of ether oxygens (including phenoxy) is 2. The first kappa shape index (κ1) is 23.6. The van der Waals surface area contributed by atoms with Gasteiger partial charge in [-0.25, -0.2) is 17.1 Å². The molecule has 0 aromatic heterocycles. The number of carbonyl (C=O) groups is 1. The first-order valence-corrected chi connectivity index (χ1v) is 10.8. The number of carbonyl (C=O) groups excluding carboxylic acids is 1. The molecule has 1 atom stereocenters. The predicted molar refractivity (Wildman–Crippen MR) is 113 cm³/mol. The number of rotatable bonds is 10. The molecule has 0 bridgehead atoms. The molecule has 162 valence electrons. The van der Waals surface area contributed by atoms with Crippen molar-refractivity contribution in [1.29, 1.82) is 0 Å². The molecule has 2 aromatic rings. The molecule has 0 aliphatic rings. The summed E-state index contributed by atoms with van der Waals surface area (Å²) in [5.41, 5.74) is -1.06. The fourth-order valence-corrected chi connectivity index (χ4v) is 4.88. The van der Waals surface area contributed by atoms with Gasteiger partial charge in [0.2, 0.25) is 10.0 Å². The van der Waals surface area contributed by atoms with Crippen molar-refractivity contribution in [2.75, 3.05) is 27.0 Å². The van der Waals surface area contributed by atoms with Gasteiger partial charge in [-0.05, 0) is 30.2 Å². The third-order valence-electron chi connectivity index (χ3n) is 4.93. The lowest BCUT2D eigenvalue weighted by Gasteiger charge is -2.32. The van der Waals surface area contributed by atoms with Gasteiger partial charge in [-0.3, -0.25) is 4.79 Å². The van der Waals surface area contributed by atoms with Crippen molar-refractivity contribution >= 4 is 16.0 Å². The van der Waals surface area contributed by atoms with Crippen LogP contribution in [0.1, 0.15) is 17.5 Å². The van der Waals surface area contributed by atoms with E-state index in [-0.39, 0.29) is 18.5 Å². The highest BCUT2D eigenvalue weighted by Crippen LogP contribution is 2.34. The van der Waals surface area contributed by atoms with Crippen LogP contribution in [0.25, 0.3) is 0 Å². The zero-order valence-corrected chi connectivity index (χ0v) is 18.1. The second-order valence-electron chi connectivity index (χ2n) is 6.91. The van der Waals surface area contributed by atoms with Crippen molar-refractivity contribution in [3.8, 4) is 5.75 Å². The average molecular weight is 436 g/mol. The summed E-state index contributed by atoms with van der Waals surface area (Å²) in [6, 6.07) is 12.6. The van der Waals surface area contributed by atoms with Crippen LogP contribution in [0.3, 0.4) is 0 Å². The third kappa shape index (κ3) is 5.06. The van der Waals surface area contributed by atoms with Gasteiger partial charge in [0.15, 0.2) is 0 Å². The first-order chi connectivity index (χ1) is 14.2. The van der Waals surface area contributed by atoms with Crippen LogP contribution >= 0.6 is 0 Å². The molecule has 0 radical (unpaired) electrons. The maximum absolute atomic E-state index is 14.6. The Morgan fingerprint density at radius 2 is 1.80 bits per heavy atom. The molecular weight excluding hydrogens is 409 g/mol. The Morgan fingerprint density at radius 3 is 2.33 bits per heavy atom. The summed E-state index contributed by atoms with van der Waals surface area (Å²) in [6.45, 7) is 3.70. The Morgan fingerprint density at radius 1 is 1.17 bits per heavy atom. The van der Waals surface area contributed by atoms with Gasteiger partial charge in [-0.2, -0.15) is 0 Å². The summed E-state index contributed by atoms with van der Waals surface area (Å²) >= 11 is 0. The quantitative estimate of drug-likeness (QED) is 0.423. The van der Waals surface area contributed by atoms with Gasteiger partial charge < -0.3 is 9.47 Å². The van der Waals surface area contributed by atoms with E-state index in [4.69, 9.17) is 9.47 Å².